The van der Waals surface area contributed by atoms with Crippen LogP contribution >= 0.6 is 0 Å². The zero-order chi connectivity index (χ0) is 87.9. The molecule has 40 nitrogen and oxygen atoms in total. The molecule has 20 N–H and O–H groups in total. The number of aliphatic imine (C=N–C) groups is 1. The van der Waals surface area contributed by atoms with Gasteiger partial charge in [0.05, 0.1) is 65.6 Å². The van der Waals surface area contributed by atoms with E-state index >= 15 is 9.59 Å². The van der Waals surface area contributed by atoms with Crippen molar-refractivity contribution in [3.63, 3.8) is 0 Å². The summed E-state index contributed by atoms with van der Waals surface area (Å²) < 4.78 is 43.7. The first kappa shape index (κ1) is 99.5. The first-order valence-electron chi connectivity index (χ1n) is 41.4. The third-order valence-electron chi connectivity index (χ3n) is 18.9. The number of ether oxygens (including phenoxy) is 8. The fraction of sp³-hybridized carbons (Fsp3) is 0.573. The molecule has 0 spiro atoms. The molecular formula is C82H123N19O21. The summed E-state index contributed by atoms with van der Waals surface area (Å²) in [4.78, 5) is 192. The van der Waals surface area contributed by atoms with Crippen LogP contribution in [-0.4, -0.2) is 285 Å². The van der Waals surface area contributed by atoms with Crippen molar-refractivity contribution < 1.29 is 100 Å². The standard InChI is InChI=1S/C82H123N19O21/c1-3-4-19-64(95-74(107)53-122-52-73(106)91-30-15-34-118-38-42-120-41-37-117-33-14-29-90-72(105)51-121-50-71(104)89-28-13-32-116-36-40-119-39-35-115-31-12-27-87-55(2)102)76(109)101-69-47-70(103)88-25-10-9-21-63(75(83)108)96-79(112)67(45-59-48-93-62-20-8-7-18-61(59)62)99-77(110)65(22-11-26-92-82(84)85)97-78(111)66(44-56-23-24-57-16-5-6-17-58(57)43-56)98-80(113)68(100-81(69)114)46-60-49-86-54-94-60/h5-8,16-18,20,23-24,43,48-49,54,63-69,93H,3-4,9-15,19,21-22,25-42,44-47,50-53H2,1-2H3,(H2,83,108)(H,86,94)(H,87,102)(H,88,103)(H,89,104)(H,90,105)(H,91,106)(H,95,107)(H,96,112)(H,97,111)(H,98,113)(H,99,110)(H,100,114)(H,101,109)(H4,84,85,92)/t63-,64-,65-,66+,67-,68-,69-/m0/s1. The van der Waals surface area contributed by atoms with E-state index < -0.39 is 121 Å². The van der Waals surface area contributed by atoms with Gasteiger partial charge >= 0.3 is 0 Å². The molecule has 3 heterocycles. The Morgan fingerprint density at radius 3 is 1.61 bits per heavy atom. The number of carbonyl (C=O) groups excluding carboxylic acids is 13. The number of hydrogen-bond donors (Lipinski definition) is 17. The van der Waals surface area contributed by atoms with Crippen LogP contribution in [0.5, 0.6) is 0 Å². The molecule has 6 rings (SSSR count). The summed E-state index contributed by atoms with van der Waals surface area (Å²) in [6.07, 6.45) is 6.91. The van der Waals surface area contributed by atoms with Gasteiger partial charge in [-0.25, -0.2) is 4.98 Å². The average Bonchev–Trinajstić information content (AvgIpc) is 1.60. The van der Waals surface area contributed by atoms with Crippen molar-refractivity contribution in [2.45, 2.75) is 159 Å². The summed E-state index contributed by atoms with van der Waals surface area (Å²) in [7, 11) is 0. The number of aromatic nitrogens is 3. The number of hydrogen-bond acceptors (Lipinski definition) is 23. The number of amides is 13. The highest BCUT2D eigenvalue weighted by atomic mass is 16.6. The number of carbonyl (C=O) groups is 13. The molecule has 0 saturated carbocycles. The SMILES string of the molecule is CCCC[C@H](NC(=O)COCC(=O)NCCCOCCOCCOCCCNC(=O)COCC(=O)NCCCOCCOCCOCCCNC(C)=O)C(=O)N[C@H]1CC(=O)NCCCC[C@@H](C(N)=O)NC(=O)[C@H](Cc2c[nH]c3ccccc23)NC(=O)[C@H](CCCN=C(N)N)NC(=O)[C@@H](Cc2ccc3ccccc3c2)NC(=O)[C@H](Cc2cnc[nH]2)NC1=O. The van der Waals surface area contributed by atoms with Crippen LogP contribution in [0.2, 0.25) is 0 Å². The number of rotatable bonds is 53. The van der Waals surface area contributed by atoms with Crippen LogP contribution in [0.4, 0.5) is 0 Å². The lowest BCUT2D eigenvalue weighted by Gasteiger charge is -2.28. The summed E-state index contributed by atoms with van der Waals surface area (Å²) in [6, 6.07) is 9.99. The van der Waals surface area contributed by atoms with Gasteiger partial charge < -0.3 is 129 Å². The first-order valence-corrected chi connectivity index (χ1v) is 41.4. The molecule has 1 aliphatic rings. The van der Waals surface area contributed by atoms with Crippen molar-refractivity contribution in [1.82, 2.24) is 78.8 Å². The number of primary amides is 1. The quantitative estimate of drug-likeness (QED) is 0.0114. The maximum Gasteiger partial charge on any atom is 0.246 e. The largest absolute Gasteiger partial charge is 0.379 e. The van der Waals surface area contributed by atoms with Crippen LogP contribution in [0.3, 0.4) is 0 Å². The molecule has 1 saturated heterocycles. The number of aromatic amines is 2. The molecule has 0 bridgehead atoms. The van der Waals surface area contributed by atoms with Crippen molar-refractivity contribution in [2.24, 2.45) is 22.2 Å². The number of nitrogens with one attached hydrogen (secondary N) is 14. The van der Waals surface area contributed by atoms with E-state index in [1.54, 1.807) is 12.3 Å². The lowest BCUT2D eigenvalue weighted by Crippen LogP contribution is -2.61. The fourth-order valence-electron chi connectivity index (χ4n) is 12.5. The Morgan fingerprint density at radius 1 is 0.533 bits per heavy atom. The van der Waals surface area contributed by atoms with Crippen LogP contribution in [-0.2, 0) is 119 Å². The Bertz CT molecular complexity index is 4090. The molecule has 7 atom stereocenters. The second-order valence-electron chi connectivity index (χ2n) is 28.9. The lowest BCUT2D eigenvalue weighted by atomic mass is 9.99. The summed E-state index contributed by atoms with van der Waals surface area (Å²) in [5, 5.41) is 35.0. The number of unbranched alkanes of at least 4 members (excludes halogenated alkanes) is 1. The highest BCUT2D eigenvalue weighted by Gasteiger charge is 2.36. The van der Waals surface area contributed by atoms with Crippen molar-refractivity contribution in [1.29, 1.82) is 0 Å². The van der Waals surface area contributed by atoms with Crippen LogP contribution in [0.15, 0.2) is 90.4 Å². The maximum atomic E-state index is 15.2. The predicted octanol–water partition coefficient (Wildman–Crippen LogP) is -1.94. The van der Waals surface area contributed by atoms with E-state index in [0.29, 0.717) is 135 Å². The van der Waals surface area contributed by atoms with Crippen LogP contribution < -0.4 is 81.0 Å². The molecule has 672 valence electrons. The van der Waals surface area contributed by atoms with E-state index in [1.807, 2.05) is 67.6 Å². The highest BCUT2D eigenvalue weighted by Crippen LogP contribution is 2.21. The molecule has 13 amide bonds. The fourth-order valence-corrected chi connectivity index (χ4v) is 12.5. The Balaban J connectivity index is 0.970. The number of fused-ring (bicyclic) bond motifs is 2. The minimum absolute atomic E-state index is 0.0179. The molecule has 0 radical (unpaired) electrons. The molecule has 0 aliphatic carbocycles. The smallest absolute Gasteiger partial charge is 0.246 e. The van der Waals surface area contributed by atoms with Crippen molar-refractivity contribution in [2.75, 3.05) is 145 Å². The van der Waals surface area contributed by atoms with Crippen LogP contribution in [0, 0.1) is 0 Å². The summed E-state index contributed by atoms with van der Waals surface area (Å²) in [5.74, 6) is -9.29. The Hall–Kier alpha value is -11.3. The lowest BCUT2D eigenvalue weighted by molar-refractivity contribution is -0.137. The van der Waals surface area contributed by atoms with E-state index in [1.165, 1.54) is 19.4 Å². The summed E-state index contributed by atoms with van der Waals surface area (Å²) >= 11 is 0. The zero-order valence-electron chi connectivity index (χ0n) is 69.7. The number of nitrogens with zero attached hydrogens (tertiary/aromatic N) is 2. The van der Waals surface area contributed by atoms with Crippen molar-refractivity contribution in [3.05, 3.63) is 102 Å². The second-order valence-corrected chi connectivity index (χ2v) is 28.9. The van der Waals surface area contributed by atoms with Crippen molar-refractivity contribution in [3.8, 4) is 0 Å². The Labute approximate surface area is 708 Å². The number of benzene rings is 3. The van der Waals surface area contributed by atoms with Gasteiger partial charge in [0, 0.05) is 121 Å². The van der Waals surface area contributed by atoms with Crippen LogP contribution in [0.25, 0.3) is 21.7 Å². The van der Waals surface area contributed by atoms with E-state index in [9.17, 15) is 52.7 Å². The number of nitrogens with two attached hydrogens (primary N) is 3. The number of imidazole rings is 1. The molecule has 40 heteroatoms. The van der Waals surface area contributed by atoms with E-state index in [0.717, 1.165) is 28.1 Å². The number of guanidine groups is 1. The molecule has 0 unspecified atom stereocenters. The molecule has 2 aromatic heterocycles. The second kappa shape index (κ2) is 58.6. The van der Waals surface area contributed by atoms with Gasteiger partial charge in [0.25, 0.3) is 0 Å². The topological polar surface area (TPSA) is 575 Å². The Morgan fingerprint density at radius 2 is 1.05 bits per heavy atom. The van der Waals surface area contributed by atoms with Gasteiger partial charge in [0.2, 0.25) is 76.8 Å². The molecule has 1 fully saturated rings. The predicted molar refractivity (Wildman–Crippen MR) is 448 cm³/mol. The summed E-state index contributed by atoms with van der Waals surface area (Å²) in [6.45, 7) is 7.66. The normalized spacial score (nSPS) is 17.4. The molecule has 1 aliphatic heterocycles. The van der Waals surface area contributed by atoms with Gasteiger partial charge in [-0.3, -0.25) is 67.3 Å². The van der Waals surface area contributed by atoms with E-state index in [2.05, 4.69) is 83.7 Å². The van der Waals surface area contributed by atoms with E-state index in [-0.39, 0.29) is 128 Å². The molecular weight excluding hydrogens is 1590 g/mol. The molecule has 3 aromatic carbocycles. The number of H-pyrrole nitrogens is 2. The Kier molecular flexibility index (Phi) is 47.9. The highest BCUT2D eigenvalue weighted by molar-refractivity contribution is 5.99. The molecule has 122 heavy (non-hydrogen) atoms. The molecule has 5 aromatic rings. The third kappa shape index (κ3) is 41.3. The monoisotopic (exact) mass is 1710 g/mol. The minimum Gasteiger partial charge on any atom is -0.379 e. The minimum atomic E-state index is -1.73. The van der Waals surface area contributed by atoms with Gasteiger partial charge in [-0.15, -0.1) is 0 Å². The van der Waals surface area contributed by atoms with Gasteiger partial charge in [0.1, 0.15) is 68.7 Å². The van der Waals surface area contributed by atoms with E-state index in [4.69, 9.17) is 55.1 Å². The zero-order valence-corrected chi connectivity index (χ0v) is 69.7. The van der Waals surface area contributed by atoms with Gasteiger partial charge in [-0.1, -0.05) is 80.4 Å². The maximum absolute atomic E-state index is 15.2. The van der Waals surface area contributed by atoms with Gasteiger partial charge in [-0.05, 0) is 92.2 Å². The van der Waals surface area contributed by atoms with Crippen molar-refractivity contribution >= 4 is 104 Å². The van der Waals surface area contributed by atoms with Gasteiger partial charge in [0.15, 0.2) is 5.96 Å². The van der Waals surface area contributed by atoms with Gasteiger partial charge in [-0.2, -0.15) is 0 Å². The number of para-hydroxylation sites is 1. The van der Waals surface area contributed by atoms with Crippen LogP contribution in [0.1, 0.15) is 114 Å². The summed E-state index contributed by atoms with van der Waals surface area (Å²) in [5.41, 5.74) is 19.5. The average molecular weight is 1710 g/mol. The third-order valence-corrected chi connectivity index (χ3v) is 18.9. The first-order chi connectivity index (χ1) is 59.0.